The minimum atomic E-state index is -3.32. The highest BCUT2D eigenvalue weighted by molar-refractivity contribution is 5.62. The molecular weight excluding hydrogens is 469 g/mol. The molecule has 2 heterocycles. The summed E-state index contributed by atoms with van der Waals surface area (Å²) in [5.41, 5.74) is -6.28. The number of aromatic hydroxyl groups is 1. The summed E-state index contributed by atoms with van der Waals surface area (Å²) in [5.74, 6) is -4.46. The number of benzene rings is 2. The van der Waals surface area contributed by atoms with Gasteiger partial charge in [-0.1, -0.05) is 36.4 Å². The molecule has 1 fully saturated rings. The van der Waals surface area contributed by atoms with Crippen LogP contribution >= 0.6 is 0 Å². The highest BCUT2D eigenvalue weighted by Crippen LogP contribution is 2.44. The molecule has 1 saturated heterocycles. The molecule has 0 saturated carbocycles. The van der Waals surface area contributed by atoms with Crippen LogP contribution in [-0.2, 0) is 17.2 Å². The summed E-state index contributed by atoms with van der Waals surface area (Å²) in [5, 5.41) is 63.9. The summed E-state index contributed by atoms with van der Waals surface area (Å²) in [7, 11) is 0. The second kappa shape index (κ2) is 8.98. The van der Waals surface area contributed by atoms with Gasteiger partial charge in [-0.3, -0.25) is 9.78 Å². The van der Waals surface area contributed by atoms with Crippen molar-refractivity contribution in [2.24, 2.45) is 0 Å². The Morgan fingerprint density at radius 1 is 1.09 bits per heavy atom. The van der Waals surface area contributed by atoms with E-state index in [2.05, 4.69) is 0 Å². The van der Waals surface area contributed by atoms with Crippen molar-refractivity contribution < 1.29 is 39.9 Å². The van der Waals surface area contributed by atoms with Crippen LogP contribution in [0, 0.1) is 5.82 Å². The molecule has 13 heteroatoms. The molecule has 35 heavy (non-hydrogen) atoms. The number of hydroxylamine groups is 2. The topological polar surface area (TPSA) is 189 Å². The van der Waals surface area contributed by atoms with E-state index in [0.29, 0.717) is 6.20 Å². The summed E-state index contributed by atoms with van der Waals surface area (Å²) in [4.78, 5) is 27.0. The second-order valence-corrected chi connectivity index (χ2v) is 7.96. The van der Waals surface area contributed by atoms with E-state index in [4.69, 9.17) is 4.74 Å². The molecular formula is C22H22FN3O9. The first-order valence-electron chi connectivity index (χ1n) is 10.3. The van der Waals surface area contributed by atoms with E-state index >= 15 is 0 Å². The van der Waals surface area contributed by atoms with Gasteiger partial charge in [-0.05, 0) is 12.1 Å². The third-order valence-electron chi connectivity index (χ3n) is 5.88. The van der Waals surface area contributed by atoms with Gasteiger partial charge < -0.3 is 35.5 Å². The number of ether oxygens (including phenoxy) is 1. The first-order chi connectivity index (χ1) is 16.5. The quantitative estimate of drug-likeness (QED) is 0.166. The van der Waals surface area contributed by atoms with E-state index in [1.165, 1.54) is 42.5 Å². The number of aromatic amines is 1. The number of hydrogen-bond acceptors (Lipinski definition) is 10. The Labute approximate surface area is 195 Å². The van der Waals surface area contributed by atoms with E-state index < -0.39 is 59.6 Å². The highest BCUT2D eigenvalue weighted by atomic mass is 19.1. The van der Waals surface area contributed by atoms with Crippen LogP contribution < -0.4 is 11.2 Å². The molecule has 12 nitrogen and oxygen atoms in total. The number of rotatable bonds is 6. The summed E-state index contributed by atoms with van der Waals surface area (Å²) < 4.78 is 19.9. The second-order valence-electron chi connectivity index (χ2n) is 7.96. The minimum Gasteiger partial charge on any atom is -0.508 e. The van der Waals surface area contributed by atoms with Gasteiger partial charge in [-0.25, -0.2) is 13.8 Å². The fraction of sp³-hybridized carbons (Fsp3) is 0.273. The maximum Gasteiger partial charge on any atom is 0.332 e. The number of H-pyrrole nitrogens is 1. The number of aromatic nitrogens is 2. The number of hydrogen-bond donors (Lipinski definition) is 7. The van der Waals surface area contributed by atoms with Crippen LogP contribution in [-0.4, -0.2) is 69.9 Å². The molecule has 0 bridgehead atoms. The van der Waals surface area contributed by atoms with E-state index in [9.17, 15) is 44.7 Å². The van der Waals surface area contributed by atoms with Crippen LogP contribution in [0.3, 0.4) is 0 Å². The smallest absolute Gasteiger partial charge is 0.332 e. The summed E-state index contributed by atoms with van der Waals surface area (Å²) in [6.07, 6.45) is -3.26. The molecule has 1 aromatic heterocycles. The standard InChI is InChI=1S/C22H22FN3O9/c23-15-7-3-2-6-13(15)14-10-25(20(31)24-19(14)30)22(33)21(32,18(29)17(11-27)35-22)26(34)9-12-5-1-4-8-16(12)28/h1-8,10,17-18,27-29,32-34H,9,11H2,(H,24,30,31)/t17-,18-,21-,22+/m1/s1. The molecule has 186 valence electrons. The molecule has 1 aliphatic rings. The van der Waals surface area contributed by atoms with Gasteiger partial charge in [0, 0.05) is 17.3 Å². The lowest BCUT2D eigenvalue weighted by Crippen LogP contribution is -2.68. The average Bonchev–Trinajstić information content (AvgIpc) is 3.03. The van der Waals surface area contributed by atoms with Gasteiger partial charge in [0.2, 0.25) is 5.72 Å². The van der Waals surface area contributed by atoms with E-state index in [0.717, 1.165) is 6.07 Å². The van der Waals surface area contributed by atoms with Gasteiger partial charge in [0.25, 0.3) is 5.56 Å². The number of phenolic OH excluding ortho intramolecular Hbond substituents is 1. The molecule has 4 atom stereocenters. The monoisotopic (exact) mass is 491 g/mol. The predicted octanol–water partition coefficient (Wildman–Crippen LogP) is -1.02. The van der Waals surface area contributed by atoms with Crippen molar-refractivity contribution >= 4 is 0 Å². The number of para-hydroxylation sites is 1. The summed E-state index contributed by atoms with van der Waals surface area (Å²) >= 11 is 0. The Kier molecular flexibility index (Phi) is 6.33. The van der Waals surface area contributed by atoms with Gasteiger partial charge in [-0.15, -0.1) is 5.06 Å². The zero-order valence-electron chi connectivity index (χ0n) is 17.9. The Bertz CT molecular complexity index is 1360. The Balaban J connectivity index is 1.89. The molecule has 7 N–H and O–H groups in total. The fourth-order valence-corrected chi connectivity index (χ4v) is 4.00. The van der Waals surface area contributed by atoms with Crippen molar-refractivity contribution in [3.8, 4) is 16.9 Å². The van der Waals surface area contributed by atoms with E-state index in [1.807, 2.05) is 4.98 Å². The third-order valence-corrected chi connectivity index (χ3v) is 5.88. The largest absolute Gasteiger partial charge is 0.508 e. The van der Waals surface area contributed by atoms with Crippen LogP contribution in [0.25, 0.3) is 11.1 Å². The molecule has 0 amide bonds. The van der Waals surface area contributed by atoms with Gasteiger partial charge >= 0.3 is 11.6 Å². The molecule has 4 rings (SSSR count). The zero-order chi connectivity index (χ0) is 25.5. The number of halogens is 1. The van der Waals surface area contributed by atoms with Gasteiger partial charge in [0.1, 0.15) is 23.8 Å². The maximum atomic E-state index is 14.4. The third kappa shape index (κ3) is 3.84. The number of nitrogens with one attached hydrogen (secondary N) is 1. The number of aliphatic hydroxyl groups excluding tert-OH is 2. The molecule has 0 radical (unpaired) electrons. The SMILES string of the molecule is O=c1[nH]c(=O)n([C@@]2(O)O[C@H](CO)[C@@H](O)[C@]2(O)N(O)Cc2ccccc2O)cc1-c1ccccc1F. The predicted molar refractivity (Wildman–Crippen MR) is 115 cm³/mol. The molecule has 0 unspecified atom stereocenters. The Hall–Kier alpha value is -3.43. The zero-order valence-corrected chi connectivity index (χ0v) is 17.9. The van der Waals surface area contributed by atoms with Gasteiger partial charge in [0.05, 0.1) is 18.7 Å². The normalized spacial score (nSPS) is 26.4. The average molecular weight is 491 g/mol. The van der Waals surface area contributed by atoms with Crippen molar-refractivity contribution in [2.45, 2.75) is 30.4 Å². The van der Waals surface area contributed by atoms with Crippen LogP contribution in [0.4, 0.5) is 4.39 Å². The Morgan fingerprint density at radius 3 is 2.40 bits per heavy atom. The van der Waals surface area contributed by atoms with Crippen molar-refractivity contribution in [3.63, 3.8) is 0 Å². The van der Waals surface area contributed by atoms with Crippen LogP contribution in [0.2, 0.25) is 0 Å². The molecule has 0 spiro atoms. The molecule has 1 aliphatic heterocycles. The molecule has 0 aliphatic carbocycles. The minimum absolute atomic E-state index is 0.0166. The highest BCUT2D eigenvalue weighted by Gasteiger charge is 2.70. The molecule has 3 aromatic rings. The lowest BCUT2D eigenvalue weighted by molar-refractivity contribution is -0.413. The van der Waals surface area contributed by atoms with Crippen molar-refractivity contribution in [1.82, 2.24) is 14.6 Å². The maximum absolute atomic E-state index is 14.4. The first-order valence-corrected chi connectivity index (χ1v) is 10.3. The lowest BCUT2D eigenvalue weighted by atomic mass is 9.99. The lowest BCUT2D eigenvalue weighted by Gasteiger charge is -2.42. The van der Waals surface area contributed by atoms with Gasteiger partial charge in [0.15, 0.2) is 0 Å². The van der Waals surface area contributed by atoms with Gasteiger partial charge in [-0.2, -0.15) is 0 Å². The van der Waals surface area contributed by atoms with Crippen molar-refractivity contribution in [1.29, 1.82) is 0 Å². The number of nitrogens with zero attached hydrogens (tertiary/aromatic N) is 2. The summed E-state index contributed by atoms with van der Waals surface area (Å²) in [6, 6.07) is 10.7. The number of aliphatic hydroxyl groups is 4. The number of phenols is 1. The summed E-state index contributed by atoms with van der Waals surface area (Å²) in [6.45, 7) is -1.66. The molecule has 2 aromatic carbocycles. The van der Waals surface area contributed by atoms with Crippen LogP contribution in [0.5, 0.6) is 5.75 Å². The van der Waals surface area contributed by atoms with Crippen molar-refractivity contribution in [3.05, 3.63) is 86.9 Å². The first kappa shape index (κ1) is 24.7. The van der Waals surface area contributed by atoms with Crippen LogP contribution in [0.1, 0.15) is 5.56 Å². The van der Waals surface area contributed by atoms with E-state index in [1.54, 1.807) is 0 Å². The Morgan fingerprint density at radius 2 is 1.74 bits per heavy atom. The van der Waals surface area contributed by atoms with E-state index in [-0.39, 0.29) is 26.5 Å². The fourth-order valence-electron chi connectivity index (χ4n) is 4.00. The van der Waals surface area contributed by atoms with Crippen LogP contribution in [0.15, 0.2) is 64.3 Å². The van der Waals surface area contributed by atoms with Crippen molar-refractivity contribution in [2.75, 3.05) is 6.61 Å².